The Kier molecular flexibility index (Phi) is 2.66. The third-order valence-electron chi connectivity index (χ3n) is 0.684. The molecule has 0 bridgehead atoms. The first-order valence-electron chi connectivity index (χ1n) is 1.99. The fraction of sp³-hybridized carbons (Fsp3) is 0.500. The van der Waals surface area contributed by atoms with Crippen LogP contribution in [0.15, 0.2) is 12.2 Å². The SMILES string of the molecule is C=C(C(F)(F)F)C(F)(F)I. The lowest BCUT2D eigenvalue weighted by Crippen LogP contribution is -2.23. The van der Waals surface area contributed by atoms with Crippen LogP contribution in [0, 0.1) is 0 Å². The summed E-state index contributed by atoms with van der Waals surface area (Å²) in [6.07, 6.45) is -5.01. The van der Waals surface area contributed by atoms with E-state index in [9.17, 15) is 22.0 Å². The largest absolute Gasteiger partial charge is 0.418 e. The van der Waals surface area contributed by atoms with Crippen molar-refractivity contribution in [2.24, 2.45) is 0 Å². The lowest BCUT2D eigenvalue weighted by Gasteiger charge is -2.14. The molecule has 0 aliphatic heterocycles. The molecular formula is C4H2F5I. The van der Waals surface area contributed by atoms with Gasteiger partial charge in [-0.1, -0.05) is 6.58 Å². The fourth-order valence-electron chi connectivity index (χ4n) is 0.161. The molecule has 0 rings (SSSR count). The Labute approximate surface area is 67.2 Å². The van der Waals surface area contributed by atoms with Gasteiger partial charge in [0.25, 0.3) is 0 Å². The third-order valence-corrected chi connectivity index (χ3v) is 1.34. The predicted octanol–water partition coefficient (Wildman–Crippen LogP) is 3.13. The second-order valence-corrected chi connectivity index (χ2v) is 2.83. The van der Waals surface area contributed by atoms with Crippen molar-refractivity contribution >= 4 is 22.6 Å². The van der Waals surface area contributed by atoms with E-state index in [2.05, 4.69) is 6.58 Å². The molecule has 0 aromatic rings. The monoisotopic (exact) mass is 272 g/mol. The first-order valence-corrected chi connectivity index (χ1v) is 3.07. The normalized spacial score (nSPS) is 13.4. The van der Waals surface area contributed by atoms with Crippen molar-refractivity contribution in [2.75, 3.05) is 0 Å². The molecule has 0 unspecified atom stereocenters. The van der Waals surface area contributed by atoms with Gasteiger partial charge in [-0.15, -0.1) is 0 Å². The summed E-state index contributed by atoms with van der Waals surface area (Å²) in [6, 6.07) is 0. The Bertz CT molecular complexity index is 125. The van der Waals surface area contributed by atoms with Crippen LogP contribution in [0.3, 0.4) is 0 Å². The lowest BCUT2D eigenvalue weighted by molar-refractivity contribution is -0.110. The highest BCUT2D eigenvalue weighted by molar-refractivity contribution is 14.1. The number of alkyl halides is 6. The van der Waals surface area contributed by atoms with Gasteiger partial charge in [0.1, 0.15) is 5.57 Å². The fourth-order valence-corrected chi connectivity index (χ4v) is 0.467. The molecule has 0 aliphatic carbocycles. The maximum atomic E-state index is 11.8. The topological polar surface area (TPSA) is 0 Å². The minimum absolute atomic E-state index is 0.375. The summed E-state index contributed by atoms with van der Waals surface area (Å²) in [5.41, 5.74) is -2.03. The Balaban J connectivity index is 4.40. The van der Waals surface area contributed by atoms with Crippen LogP contribution in [0.25, 0.3) is 0 Å². The second kappa shape index (κ2) is 2.63. The molecule has 0 atom stereocenters. The predicted molar refractivity (Wildman–Crippen MR) is 34.2 cm³/mol. The molecule has 0 heterocycles. The van der Waals surface area contributed by atoms with Gasteiger partial charge in [0, 0.05) is 22.6 Å². The van der Waals surface area contributed by atoms with E-state index in [4.69, 9.17) is 0 Å². The standard InChI is InChI=1S/C4H2F5I/c1-2(3(5,6)7)4(8,9)10/h1H2. The van der Waals surface area contributed by atoms with Gasteiger partial charge < -0.3 is 0 Å². The number of hydrogen-bond acceptors (Lipinski definition) is 0. The van der Waals surface area contributed by atoms with Crippen molar-refractivity contribution in [3.05, 3.63) is 12.2 Å². The van der Waals surface area contributed by atoms with Crippen molar-refractivity contribution in [2.45, 2.75) is 10.1 Å². The molecule has 0 saturated heterocycles. The van der Waals surface area contributed by atoms with Crippen LogP contribution in [-0.2, 0) is 0 Å². The quantitative estimate of drug-likeness (QED) is 0.298. The van der Waals surface area contributed by atoms with Gasteiger partial charge in [-0.2, -0.15) is 22.0 Å². The van der Waals surface area contributed by atoms with E-state index in [1.807, 2.05) is 0 Å². The van der Waals surface area contributed by atoms with Crippen molar-refractivity contribution in [1.82, 2.24) is 0 Å². The number of rotatable bonds is 1. The van der Waals surface area contributed by atoms with Gasteiger partial charge in [0.05, 0.1) is 0 Å². The molecule has 0 saturated carbocycles. The molecule has 60 valence electrons. The van der Waals surface area contributed by atoms with E-state index < -0.39 is 15.7 Å². The first kappa shape index (κ1) is 10.1. The van der Waals surface area contributed by atoms with Gasteiger partial charge in [-0.3, -0.25) is 0 Å². The number of allylic oxidation sites excluding steroid dienone is 1. The van der Waals surface area contributed by atoms with Crippen LogP contribution in [0.5, 0.6) is 0 Å². The van der Waals surface area contributed by atoms with E-state index in [-0.39, 0.29) is 0 Å². The minimum Gasteiger partial charge on any atom is -0.189 e. The Morgan fingerprint density at radius 1 is 1.10 bits per heavy atom. The molecule has 0 spiro atoms. The molecule has 0 aliphatic rings. The maximum absolute atomic E-state index is 11.8. The maximum Gasteiger partial charge on any atom is 0.418 e. The van der Waals surface area contributed by atoms with Gasteiger partial charge in [-0.05, 0) is 0 Å². The summed E-state index contributed by atoms with van der Waals surface area (Å²) in [7, 11) is 0. The highest BCUT2D eigenvalue weighted by Gasteiger charge is 2.46. The Morgan fingerprint density at radius 2 is 1.40 bits per heavy atom. The van der Waals surface area contributed by atoms with Crippen molar-refractivity contribution in [1.29, 1.82) is 0 Å². The van der Waals surface area contributed by atoms with Crippen LogP contribution in [0.2, 0.25) is 0 Å². The molecule has 10 heavy (non-hydrogen) atoms. The van der Waals surface area contributed by atoms with Gasteiger partial charge >= 0.3 is 10.1 Å². The van der Waals surface area contributed by atoms with Crippen LogP contribution >= 0.6 is 22.6 Å². The molecule has 0 nitrogen and oxygen atoms in total. The highest BCUT2D eigenvalue weighted by atomic mass is 127. The van der Waals surface area contributed by atoms with Gasteiger partial charge in [0.15, 0.2) is 0 Å². The lowest BCUT2D eigenvalue weighted by atomic mass is 10.3. The zero-order valence-corrected chi connectivity index (χ0v) is 6.63. The molecule has 6 heteroatoms. The summed E-state index contributed by atoms with van der Waals surface area (Å²) in [4.78, 5) is 0. The van der Waals surface area contributed by atoms with Crippen molar-refractivity contribution in [3.8, 4) is 0 Å². The van der Waals surface area contributed by atoms with Crippen LogP contribution < -0.4 is 0 Å². The zero-order chi connectivity index (χ0) is 8.58. The van der Waals surface area contributed by atoms with E-state index in [0.717, 1.165) is 0 Å². The van der Waals surface area contributed by atoms with Crippen LogP contribution in [0.1, 0.15) is 0 Å². The summed E-state index contributed by atoms with van der Waals surface area (Å²) >= 11 is 0.375. The first-order chi connectivity index (χ1) is 4.15. The molecule has 0 radical (unpaired) electrons. The minimum atomic E-state index is -5.01. The smallest absolute Gasteiger partial charge is 0.189 e. The summed E-state index contributed by atoms with van der Waals surface area (Å²) < 4.78 is 53.7. The molecule has 0 N–H and O–H groups in total. The molecule has 0 amide bonds. The number of halogens is 6. The van der Waals surface area contributed by atoms with E-state index in [1.54, 1.807) is 0 Å². The van der Waals surface area contributed by atoms with Crippen molar-refractivity contribution < 1.29 is 22.0 Å². The molecule has 0 aromatic carbocycles. The average Bonchev–Trinajstić information content (AvgIpc) is 1.59. The van der Waals surface area contributed by atoms with Gasteiger partial charge in [-0.25, -0.2) is 0 Å². The van der Waals surface area contributed by atoms with Crippen LogP contribution in [-0.4, -0.2) is 10.1 Å². The third kappa shape index (κ3) is 2.80. The summed E-state index contributed by atoms with van der Waals surface area (Å²) in [5.74, 6) is 0. The molecule has 0 fully saturated rings. The van der Waals surface area contributed by atoms with Gasteiger partial charge in [0.2, 0.25) is 0 Å². The Hall–Kier alpha value is 0.120. The molecule has 0 aromatic heterocycles. The van der Waals surface area contributed by atoms with E-state index >= 15 is 0 Å². The van der Waals surface area contributed by atoms with E-state index in [0.29, 0.717) is 22.6 Å². The summed E-state index contributed by atoms with van der Waals surface area (Å²) in [5, 5.41) is 0. The van der Waals surface area contributed by atoms with Crippen LogP contribution in [0.4, 0.5) is 22.0 Å². The zero-order valence-electron chi connectivity index (χ0n) is 4.47. The average molecular weight is 272 g/mol. The van der Waals surface area contributed by atoms with Crippen molar-refractivity contribution in [3.63, 3.8) is 0 Å². The van der Waals surface area contributed by atoms with E-state index in [1.165, 1.54) is 0 Å². The molecular weight excluding hydrogens is 270 g/mol. The Morgan fingerprint density at radius 3 is 1.40 bits per heavy atom. The number of hydrogen-bond donors (Lipinski definition) is 0. The second-order valence-electron chi connectivity index (χ2n) is 1.47. The highest BCUT2D eigenvalue weighted by Crippen LogP contribution is 2.40. The summed E-state index contributed by atoms with van der Waals surface area (Å²) in [6.45, 7) is 2.21.